The van der Waals surface area contributed by atoms with E-state index in [1.807, 2.05) is 12.2 Å². The normalized spacial score (nSPS) is 14.3. The van der Waals surface area contributed by atoms with Crippen LogP contribution in [0.25, 0.3) is 16.5 Å². The summed E-state index contributed by atoms with van der Waals surface area (Å²) in [7, 11) is 0. The Hall–Kier alpha value is -2.49. The summed E-state index contributed by atoms with van der Waals surface area (Å²) >= 11 is 0. The second-order valence-corrected chi connectivity index (χ2v) is 4.94. The number of fused-ring (bicyclic) bond motifs is 1. The van der Waals surface area contributed by atoms with E-state index in [4.69, 9.17) is 4.42 Å². The molecule has 0 spiro atoms. The van der Waals surface area contributed by atoms with Gasteiger partial charge in [0.2, 0.25) is 5.43 Å². The third-order valence-corrected chi connectivity index (χ3v) is 3.47. The molecule has 106 valence electrons. The molecule has 2 aromatic rings. The van der Waals surface area contributed by atoms with Crippen LogP contribution in [0.4, 0.5) is 4.39 Å². The van der Waals surface area contributed by atoms with Gasteiger partial charge in [-0.1, -0.05) is 24.3 Å². The predicted octanol–water partition coefficient (Wildman–Crippen LogP) is 3.87. The molecular weight excluding hydrogens is 271 g/mol. The Morgan fingerprint density at radius 1 is 1.29 bits per heavy atom. The molecule has 0 amide bonds. The Balaban J connectivity index is 2.43. The Morgan fingerprint density at radius 3 is 2.76 bits per heavy atom. The molecule has 0 unspecified atom stereocenters. The third kappa shape index (κ3) is 2.23. The summed E-state index contributed by atoms with van der Waals surface area (Å²) in [5.41, 5.74) is 0.355. The first-order chi connectivity index (χ1) is 10.1. The van der Waals surface area contributed by atoms with E-state index in [0.29, 0.717) is 5.57 Å². The monoisotopic (exact) mass is 284 g/mol. The molecule has 0 bridgehead atoms. The van der Waals surface area contributed by atoms with Crippen molar-refractivity contribution in [1.29, 1.82) is 0 Å². The molecule has 0 saturated heterocycles. The van der Waals surface area contributed by atoms with E-state index in [0.717, 1.165) is 12.8 Å². The van der Waals surface area contributed by atoms with Gasteiger partial charge < -0.3 is 4.42 Å². The molecule has 3 nitrogen and oxygen atoms in total. The maximum atomic E-state index is 13.9. The van der Waals surface area contributed by atoms with E-state index in [1.54, 1.807) is 6.08 Å². The summed E-state index contributed by atoms with van der Waals surface area (Å²) in [5, 5.41) is -0.114. The SMILES string of the molecule is CC(=O)c1oc2cccc(F)c2c(=O)c1C1=CCCC=C1. The number of hydrogen-bond donors (Lipinski definition) is 0. The van der Waals surface area contributed by atoms with E-state index >= 15 is 0 Å². The van der Waals surface area contributed by atoms with Crippen LogP contribution in [0.15, 0.2) is 45.6 Å². The van der Waals surface area contributed by atoms with Crippen LogP contribution in [0.1, 0.15) is 35.9 Å². The second kappa shape index (κ2) is 5.13. The average Bonchev–Trinajstić information content (AvgIpc) is 2.47. The van der Waals surface area contributed by atoms with Crippen molar-refractivity contribution in [3.05, 3.63) is 63.8 Å². The Morgan fingerprint density at radius 2 is 2.10 bits per heavy atom. The molecule has 0 aliphatic heterocycles. The van der Waals surface area contributed by atoms with Crippen molar-refractivity contribution in [1.82, 2.24) is 0 Å². The summed E-state index contributed by atoms with van der Waals surface area (Å²) in [5.74, 6) is -1.01. The van der Waals surface area contributed by atoms with Crippen molar-refractivity contribution in [2.75, 3.05) is 0 Å². The number of Topliss-reactive ketones (excluding diaryl/α,β-unsaturated/α-hetero) is 1. The number of benzene rings is 1. The topological polar surface area (TPSA) is 47.3 Å². The first kappa shape index (κ1) is 13.5. The van der Waals surface area contributed by atoms with Gasteiger partial charge in [-0.05, 0) is 30.5 Å². The van der Waals surface area contributed by atoms with E-state index in [9.17, 15) is 14.0 Å². The summed E-state index contributed by atoms with van der Waals surface area (Å²) in [6, 6.07) is 4.15. The van der Waals surface area contributed by atoms with Gasteiger partial charge in [-0.25, -0.2) is 4.39 Å². The molecule has 1 aromatic heterocycles. The molecular formula is C17H13FO3. The molecule has 0 fully saturated rings. The minimum Gasteiger partial charge on any atom is -0.452 e. The molecule has 0 atom stereocenters. The van der Waals surface area contributed by atoms with E-state index in [-0.39, 0.29) is 28.1 Å². The lowest BCUT2D eigenvalue weighted by Crippen LogP contribution is -2.15. The van der Waals surface area contributed by atoms with Crippen LogP contribution in [0.5, 0.6) is 0 Å². The molecule has 0 N–H and O–H groups in total. The van der Waals surface area contributed by atoms with E-state index in [1.165, 1.54) is 25.1 Å². The van der Waals surface area contributed by atoms with Gasteiger partial charge in [0.15, 0.2) is 11.5 Å². The Labute approximate surface area is 120 Å². The average molecular weight is 284 g/mol. The molecule has 3 rings (SSSR count). The van der Waals surface area contributed by atoms with Gasteiger partial charge >= 0.3 is 0 Å². The Bertz CT molecular complexity index is 856. The van der Waals surface area contributed by atoms with Crippen LogP contribution in [0.3, 0.4) is 0 Å². The van der Waals surface area contributed by atoms with Gasteiger partial charge in [-0.3, -0.25) is 9.59 Å². The van der Waals surface area contributed by atoms with E-state index < -0.39 is 11.2 Å². The van der Waals surface area contributed by atoms with Gasteiger partial charge in [0.1, 0.15) is 16.8 Å². The smallest absolute Gasteiger partial charge is 0.204 e. The first-order valence-electron chi connectivity index (χ1n) is 6.73. The lowest BCUT2D eigenvalue weighted by atomic mass is 9.96. The molecule has 1 aliphatic rings. The van der Waals surface area contributed by atoms with E-state index in [2.05, 4.69) is 0 Å². The minimum absolute atomic E-state index is 0.0177. The first-order valence-corrected chi connectivity index (χ1v) is 6.73. The Kier molecular flexibility index (Phi) is 3.29. The zero-order chi connectivity index (χ0) is 15.0. The maximum absolute atomic E-state index is 13.9. The van der Waals surface area contributed by atoms with Gasteiger partial charge in [0.05, 0.1) is 5.56 Å². The van der Waals surface area contributed by atoms with Crippen molar-refractivity contribution in [2.45, 2.75) is 19.8 Å². The number of carbonyl (C=O) groups is 1. The highest BCUT2D eigenvalue weighted by molar-refractivity contribution is 6.00. The summed E-state index contributed by atoms with van der Waals surface area (Å²) < 4.78 is 19.4. The quantitative estimate of drug-likeness (QED) is 0.786. The second-order valence-electron chi connectivity index (χ2n) is 4.94. The van der Waals surface area contributed by atoms with Crippen molar-refractivity contribution < 1.29 is 13.6 Å². The molecule has 0 saturated carbocycles. The zero-order valence-corrected chi connectivity index (χ0v) is 11.5. The molecule has 0 radical (unpaired) electrons. The highest BCUT2D eigenvalue weighted by atomic mass is 19.1. The predicted molar refractivity (Wildman–Crippen MR) is 78.8 cm³/mol. The molecule has 1 heterocycles. The van der Waals surface area contributed by atoms with Crippen LogP contribution >= 0.6 is 0 Å². The fraction of sp³-hybridized carbons (Fsp3) is 0.176. The van der Waals surface area contributed by atoms with Gasteiger partial charge in [0, 0.05) is 6.92 Å². The highest BCUT2D eigenvalue weighted by Crippen LogP contribution is 2.26. The lowest BCUT2D eigenvalue weighted by molar-refractivity contribution is 0.0987. The van der Waals surface area contributed by atoms with Gasteiger partial charge in [0.25, 0.3) is 0 Å². The summed E-state index contributed by atoms with van der Waals surface area (Å²) in [4.78, 5) is 24.5. The largest absolute Gasteiger partial charge is 0.452 e. The molecule has 4 heteroatoms. The van der Waals surface area contributed by atoms with Gasteiger partial charge in [-0.15, -0.1) is 0 Å². The number of rotatable bonds is 2. The highest BCUT2D eigenvalue weighted by Gasteiger charge is 2.21. The van der Waals surface area contributed by atoms with Crippen molar-refractivity contribution >= 4 is 22.3 Å². The fourth-order valence-electron chi connectivity index (χ4n) is 2.51. The minimum atomic E-state index is -0.641. The number of allylic oxidation sites excluding steroid dienone is 4. The van der Waals surface area contributed by atoms with Gasteiger partial charge in [-0.2, -0.15) is 0 Å². The zero-order valence-electron chi connectivity index (χ0n) is 11.5. The standard InChI is InChI=1S/C17H13FO3/c1-10(19)17-14(11-6-3-2-4-7-11)16(20)15-12(18)8-5-9-13(15)21-17/h3,5-9H,2,4H2,1H3. The van der Waals surface area contributed by atoms with Crippen LogP contribution in [0, 0.1) is 5.82 Å². The molecule has 1 aromatic carbocycles. The fourth-order valence-corrected chi connectivity index (χ4v) is 2.51. The van der Waals surface area contributed by atoms with Crippen molar-refractivity contribution in [2.24, 2.45) is 0 Å². The molecule has 1 aliphatic carbocycles. The number of carbonyl (C=O) groups excluding carboxylic acids is 1. The lowest BCUT2D eigenvalue weighted by Gasteiger charge is -2.11. The van der Waals surface area contributed by atoms with Crippen LogP contribution < -0.4 is 5.43 Å². The van der Waals surface area contributed by atoms with Crippen molar-refractivity contribution in [3.63, 3.8) is 0 Å². The molecule has 21 heavy (non-hydrogen) atoms. The number of halogens is 1. The number of ketones is 1. The van der Waals surface area contributed by atoms with Crippen LogP contribution in [-0.4, -0.2) is 5.78 Å². The van der Waals surface area contributed by atoms with Crippen LogP contribution in [-0.2, 0) is 0 Å². The van der Waals surface area contributed by atoms with Crippen molar-refractivity contribution in [3.8, 4) is 0 Å². The maximum Gasteiger partial charge on any atom is 0.204 e. The third-order valence-electron chi connectivity index (χ3n) is 3.47. The van der Waals surface area contributed by atoms with Crippen LogP contribution in [0.2, 0.25) is 0 Å². The summed E-state index contributed by atoms with van der Waals surface area (Å²) in [6.45, 7) is 1.33. The number of hydrogen-bond acceptors (Lipinski definition) is 3. The summed E-state index contributed by atoms with van der Waals surface area (Å²) in [6.07, 6.45) is 7.22.